The summed E-state index contributed by atoms with van der Waals surface area (Å²) >= 11 is 5.63. The fourth-order valence-corrected chi connectivity index (χ4v) is 1.57. The minimum Gasteiger partial charge on any atom is -0.493 e. The van der Waals surface area contributed by atoms with Crippen LogP contribution in [0.5, 0.6) is 11.5 Å². The first kappa shape index (κ1) is 14.9. The van der Waals surface area contributed by atoms with Crippen molar-refractivity contribution in [3.63, 3.8) is 0 Å². The number of hydrogen-bond donors (Lipinski definition) is 1. The van der Waals surface area contributed by atoms with Gasteiger partial charge in [-0.05, 0) is 25.1 Å². The molecule has 0 aliphatic carbocycles. The van der Waals surface area contributed by atoms with Crippen molar-refractivity contribution in [1.29, 1.82) is 0 Å². The number of para-hydroxylation sites is 1. The van der Waals surface area contributed by atoms with Gasteiger partial charge in [-0.25, -0.2) is 0 Å². The van der Waals surface area contributed by atoms with Gasteiger partial charge in [0.15, 0.2) is 11.5 Å². The molecule has 0 atom stereocenters. The molecular formula is C14H20ClNO2. The third kappa shape index (κ3) is 4.24. The lowest BCUT2D eigenvalue weighted by Crippen LogP contribution is -2.13. The Bertz CT molecular complexity index is 405. The Kier molecular flexibility index (Phi) is 6.61. The third-order valence-electron chi connectivity index (χ3n) is 2.48. The molecule has 1 rings (SSSR count). The minimum absolute atomic E-state index is 0.461. The second kappa shape index (κ2) is 8.01. The van der Waals surface area contributed by atoms with E-state index in [-0.39, 0.29) is 0 Å². The maximum Gasteiger partial charge on any atom is 0.166 e. The Morgan fingerprint density at radius 3 is 2.83 bits per heavy atom. The topological polar surface area (TPSA) is 30.5 Å². The van der Waals surface area contributed by atoms with Crippen LogP contribution in [0.4, 0.5) is 0 Å². The second-order valence-corrected chi connectivity index (χ2v) is 4.19. The molecule has 0 saturated carbocycles. The van der Waals surface area contributed by atoms with Gasteiger partial charge in [-0.3, -0.25) is 0 Å². The highest BCUT2D eigenvalue weighted by Gasteiger charge is 2.10. The molecule has 18 heavy (non-hydrogen) atoms. The van der Waals surface area contributed by atoms with Crippen molar-refractivity contribution in [1.82, 2.24) is 5.32 Å². The molecule has 0 spiro atoms. The fourth-order valence-electron chi connectivity index (χ4n) is 1.50. The lowest BCUT2D eigenvalue weighted by Gasteiger charge is -2.15. The maximum atomic E-state index is 5.79. The summed E-state index contributed by atoms with van der Waals surface area (Å²) in [5.41, 5.74) is 3.58. The summed E-state index contributed by atoms with van der Waals surface area (Å²) in [6.07, 6.45) is 0. The number of ether oxygens (including phenoxy) is 2. The fraction of sp³-hybridized carbons (Fsp3) is 0.429. The van der Waals surface area contributed by atoms with E-state index in [0.717, 1.165) is 35.7 Å². The SMILES string of the molecule is CCNCc1cccc(OC)c1OC/C(C)=C/Cl. The average molecular weight is 270 g/mol. The zero-order valence-corrected chi connectivity index (χ0v) is 11.9. The summed E-state index contributed by atoms with van der Waals surface area (Å²) < 4.78 is 11.1. The molecule has 0 unspecified atom stereocenters. The van der Waals surface area contributed by atoms with Crippen molar-refractivity contribution < 1.29 is 9.47 Å². The normalized spacial score (nSPS) is 11.4. The maximum absolute atomic E-state index is 5.79. The summed E-state index contributed by atoms with van der Waals surface area (Å²) in [6, 6.07) is 5.88. The third-order valence-corrected chi connectivity index (χ3v) is 2.85. The van der Waals surface area contributed by atoms with E-state index in [4.69, 9.17) is 21.1 Å². The van der Waals surface area contributed by atoms with Crippen LogP contribution >= 0.6 is 11.6 Å². The van der Waals surface area contributed by atoms with Crippen LogP contribution in [0.2, 0.25) is 0 Å². The standard InChI is InChI=1S/C14H20ClNO2/c1-4-16-9-12-6-5-7-13(17-3)14(12)18-10-11(2)8-15/h5-8,16H,4,9-10H2,1-3H3/b11-8+. The van der Waals surface area contributed by atoms with Crippen molar-refractivity contribution in [3.05, 3.63) is 34.9 Å². The second-order valence-electron chi connectivity index (χ2n) is 3.97. The Hall–Kier alpha value is -1.19. The van der Waals surface area contributed by atoms with Crippen LogP contribution in [0.15, 0.2) is 29.3 Å². The minimum atomic E-state index is 0.461. The van der Waals surface area contributed by atoms with Gasteiger partial charge < -0.3 is 14.8 Å². The first-order valence-electron chi connectivity index (χ1n) is 5.98. The molecule has 0 fully saturated rings. The molecule has 1 N–H and O–H groups in total. The van der Waals surface area contributed by atoms with Crippen LogP contribution in [0.1, 0.15) is 19.4 Å². The first-order chi connectivity index (χ1) is 8.72. The molecule has 4 heteroatoms. The van der Waals surface area contributed by atoms with E-state index in [1.807, 2.05) is 25.1 Å². The van der Waals surface area contributed by atoms with Crippen molar-refractivity contribution in [2.24, 2.45) is 0 Å². The largest absolute Gasteiger partial charge is 0.493 e. The molecule has 0 heterocycles. The van der Waals surface area contributed by atoms with Gasteiger partial charge in [-0.15, -0.1) is 0 Å². The molecule has 1 aromatic carbocycles. The number of rotatable bonds is 7. The van der Waals surface area contributed by atoms with Gasteiger partial charge in [0.25, 0.3) is 0 Å². The van der Waals surface area contributed by atoms with E-state index in [1.165, 1.54) is 5.54 Å². The molecular weight excluding hydrogens is 250 g/mol. The molecule has 0 amide bonds. The quantitative estimate of drug-likeness (QED) is 0.824. The number of nitrogens with one attached hydrogen (secondary N) is 1. The Balaban J connectivity index is 2.88. The van der Waals surface area contributed by atoms with Gasteiger partial charge in [0.2, 0.25) is 0 Å². The predicted molar refractivity (Wildman–Crippen MR) is 75.5 cm³/mol. The van der Waals surface area contributed by atoms with E-state index in [1.54, 1.807) is 7.11 Å². The van der Waals surface area contributed by atoms with Crippen LogP contribution in [0, 0.1) is 0 Å². The van der Waals surface area contributed by atoms with Crippen molar-refractivity contribution >= 4 is 11.6 Å². The highest BCUT2D eigenvalue weighted by Crippen LogP contribution is 2.31. The average Bonchev–Trinajstić information content (AvgIpc) is 2.42. The molecule has 0 saturated heterocycles. The Morgan fingerprint density at radius 1 is 1.44 bits per heavy atom. The summed E-state index contributed by atoms with van der Waals surface area (Å²) in [4.78, 5) is 0. The number of halogens is 1. The van der Waals surface area contributed by atoms with Crippen LogP contribution in [0.25, 0.3) is 0 Å². The van der Waals surface area contributed by atoms with Gasteiger partial charge in [-0.1, -0.05) is 30.7 Å². The Labute approximate surface area is 114 Å². The molecule has 3 nitrogen and oxygen atoms in total. The molecule has 0 bridgehead atoms. The lowest BCUT2D eigenvalue weighted by atomic mass is 10.2. The summed E-state index contributed by atoms with van der Waals surface area (Å²) in [5, 5.41) is 3.28. The summed E-state index contributed by atoms with van der Waals surface area (Å²) in [5.74, 6) is 1.52. The molecule has 0 aromatic heterocycles. The molecule has 0 radical (unpaired) electrons. The van der Waals surface area contributed by atoms with Gasteiger partial charge in [-0.2, -0.15) is 0 Å². The first-order valence-corrected chi connectivity index (χ1v) is 6.41. The van der Waals surface area contributed by atoms with Gasteiger partial charge >= 0.3 is 0 Å². The lowest BCUT2D eigenvalue weighted by molar-refractivity contribution is 0.315. The zero-order chi connectivity index (χ0) is 13.4. The van der Waals surface area contributed by atoms with Crippen LogP contribution in [-0.4, -0.2) is 20.3 Å². The van der Waals surface area contributed by atoms with Gasteiger partial charge in [0, 0.05) is 17.6 Å². The van der Waals surface area contributed by atoms with Crippen LogP contribution < -0.4 is 14.8 Å². The van der Waals surface area contributed by atoms with E-state index < -0.39 is 0 Å². The van der Waals surface area contributed by atoms with Crippen molar-refractivity contribution in [2.75, 3.05) is 20.3 Å². The van der Waals surface area contributed by atoms with Crippen molar-refractivity contribution in [2.45, 2.75) is 20.4 Å². The highest BCUT2D eigenvalue weighted by molar-refractivity contribution is 6.25. The zero-order valence-electron chi connectivity index (χ0n) is 11.1. The summed E-state index contributed by atoms with van der Waals surface area (Å²) in [6.45, 7) is 6.13. The number of benzene rings is 1. The predicted octanol–water partition coefficient (Wildman–Crippen LogP) is 3.33. The number of hydrogen-bond acceptors (Lipinski definition) is 3. The van der Waals surface area contributed by atoms with E-state index in [0.29, 0.717) is 6.61 Å². The van der Waals surface area contributed by atoms with E-state index >= 15 is 0 Å². The Morgan fingerprint density at radius 2 is 2.22 bits per heavy atom. The van der Waals surface area contributed by atoms with Gasteiger partial charge in [0.05, 0.1) is 7.11 Å². The molecule has 0 aliphatic rings. The smallest absolute Gasteiger partial charge is 0.166 e. The van der Waals surface area contributed by atoms with Crippen LogP contribution in [0.3, 0.4) is 0 Å². The molecule has 100 valence electrons. The van der Waals surface area contributed by atoms with E-state index in [9.17, 15) is 0 Å². The highest BCUT2D eigenvalue weighted by atomic mass is 35.5. The van der Waals surface area contributed by atoms with Crippen LogP contribution in [-0.2, 0) is 6.54 Å². The van der Waals surface area contributed by atoms with E-state index in [2.05, 4.69) is 12.2 Å². The van der Waals surface area contributed by atoms with Crippen molar-refractivity contribution in [3.8, 4) is 11.5 Å². The van der Waals surface area contributed by atoms with Gasteiger partial charge in [0.1, 0.15) is 6.61 Å². The monoisotopic (exact) mass is 269 g/mol. The summed E-state index contributed by atoms with van der Waals surface area (Å²) in [7, 11) is 1.64. The number of methoxy groups -OCH3 is 1. The molecule has 1 aromatic rings. The molecule has 0 aliphatic heterocycles.